The molecule has 4 aliphatic rings. The minimum absolute atomic E-state index is 0.0273. The van der Waals surface area contributed by atoms with Gasteiger partial charge in [0, 0.05) is 43.6 Å². The van der Waals surface area contributed by atoms with Crippen molar-refractivity contribution in [2.75, 3.05) is 26.4 Å². The number of Topliss-reactive ketones (excluding diaryl/α,β-unsaturated/α-hetero) is 3. The molecule has 0 spiro atoms. The second-order valence-corrected chi connectivity index (χ2v) is 16.6. The molecule has 3 saturated heterocycles. The number of fused-ring (bicyclic) bond motifs is 3. The summed E-state index contributed by atoms with van der Waals surface area (Å²) in [6, 6.07) is -0.989. The molecule has 0 radical (unpaired) electrons. The Hall–Kier alpha value is -3.21. The van der Waals surface area contributed by atoms with E-state index in [4.69, 9.17) is 18.9 Å². The lowest BCUT2D eigenvalue weighted by Gasteiger charge is -2.58. The number of piperidine rings is 1. The van der Waals surface area contributed by atoms with Crippen LogP contribution < -0.4 is 0 Å². The van der Waals surface area contributed by atoms with E-state index in [9.17, 15) is 24.0 Å². The van der Waals surface area contributed by atoms with E-state index in [0.29, 0.717) is 70.7 Å². The Morgan fingerprint density at radius 3 is 2.32 bits per heavy atom. The molecule has 0 aromatic carbocycles. The number of allylic oxidation sites excluding steroid dienone is 7. The Balaban J connectivity index is 1.56. The molecule has 4 heterocycles. The molecule has 294 valence electrons. The molecule has 4 rings (SSSR count). The van der Waals surface area contributed by atoms with Crippen molar-refractivity contribution in [3.63, 3.8) is 0 Å². The van der Waals surface area contributed by atoms with E-state index in [1.165, 1.54) is 4.90 Å². The number of carbonyl (C=O) groups is 5. The smallest absolute Gasteiger partial charge is 0.328 e. The van der Waals surface area contributed by atoms with E-state index in [1.807, 2.05) is 56.4 Å². The van der Waals surface area contributed by atoms with E-state index in [2.05, 4.69) is 20.8 Å². The van der Waals surface area contributed by atoms with Crippen LogP contribution in [0.1, 0.15) is 119 Å². The fourth-order valence-electron chi connectivity index (χ4n) is 7.63. The number of amides is 1. The number of ether oxygens (including phenoxy) is 4. The van der Waals surface area contributed by atoms with E-state index in [1.54, 1.807) is 13.0 Å². The molecule has 0 saturated carbocycles. The number of nitrogens with zero attached hydrogens (tertiary/aromatic N) is 1. The average molecular weight is 738 g/mol. The number of hydrogen-bond donors (Lipinski definition) is 0. The molecule has 2 bridgehead atoms. The van der Waals surface area contributed by atoms with Gasteiger partial charge in [-0.1, -0.05) is 69.4 Å². The van der Waals surface area contributed by atoms with Gasteiger partial charge in [-0.3, -0.25) is 19.2 Å². The Kier molecular flexibility index (Phi) is 15.6. The normalized spacial score (nSPS) is 31.9. The lowest BCUT2D eigenvalue weighted by molar-refractivity contribution is -0.188. The maximum Gasteiger partial charge on any atom is 0.328 e. The van der Waals surface area contributed by atoms with Crippen molar-refractivity contribution >= 4 is 29.2 Å². The maximum absolute atomic E-state index is 14.5. The SMILES string of the molecule is CC1CC2C(=O)OCCC(=O)CC=CCCC(=O)CCCC=CC=CC=CC(OCC3COC3)CC3CCCC(C)(O3)C(=O)C(=O)N2C(C)(C)C1(C)C. The van der Waals surface area contributed by atoms with Gasteiger partial charge in [-0.05, 0) is 77.0 Å². The first kappa shape index (κ1) is 42.5. The highest BCUT2D eigenvalue weighted by Gasteiger charge is 2.58. The fraction of sp³-hybridized carbons (Fsp3) is 0.698. The molecule has 10 heteroatoms. The molecular weight excluding hydrogens is 674 g/mol. The highest BCUT2D eigenvalue weighted by molar-refractivity contribution is 6.39. The van der Waals surface area contributed by atoms with Crippen LogP contribution in [0.5, 0.6) is 0 Å². The topological polar surface area (TPSA) is 126 Å². The number of carbonyl (C=O) groups excluding carboxylic acids is 5. The zero-order valence-corrected chi connectivity index (χ0v) is 32.9. The van der Waals surface area contributed by atoms with Gasteiger partial charge in [0.05, 0.1) is 38.6 Å². The van der Waals surface area contributed by atoms with E-state index >= 15 is 0 Å². The van der Waals surface area contributed by atoms with Crippen molar-refractivity contribution < 1.29 is 42.9 Å². The van der Waals surface area contributed by atoms with Crippen LogP contribution in [0.15, 0.2) is 48.6 Å². The van der Waals surface area contributed by atoms with E-state index < -0.39 is 40.3 Å². The summed E-state index contributed by atoms with van der Waals surface area (Å²) in [4.78, 5) is 68.9. The van der Waals surface area contributed by atoms with Gasteiger partial charge >= 0.3 is 5.97 Å². The summed E-state index contributed by atoms with van der Waals surface area (Å²) >= 11 is 0. The van der Waals surface area contributed by atoms with Crippen LogP contribution >= 0.6 is 0 Å². The Morgan fingerprint density at radius 2 is 1.58 bits per heavy atom. The largest absolute Gasteiger partial charge is 0.464 e. The summed E-state index contributed by atoms with van der Waals surface area (Å²) in [5.74, 6) is -1.56. The lowest BCUT2D eigenvalue weighted by Crippen LogP contribution is -2.70. The molecule has 5 atom stereocenters. The lowest BCUT2D eigenvalue weighted by atomic mass is 9.60. The molecule has 0 aromatic heterocycles. The number of hydrogen-bond acceptors (Lipinski definition) is 9. The highest BCUT2D eigenvalue weighted by Crippen LogP contribution is 2.50. The zero-order chi connectivity index (χ0) is 38.6. The van der Waals surface area contributed by atoms with Gasteiger partial charge in [0.25, 0.3) is 11.7 Å². The van der Waals surface area contributed by atoms with Crippen molar-refractivity contribution in [2.45, 2.75) is 148 Å². The molecule has 10 nitrogen and oxygen atoms in total. The second-order valence-electron chi connectivity index (χ2n) is 16.6. The summed E-state index contributed by atoms with van der Waals surface area (Å²) in [7, 11) is 0. The van der Waals surface area contributed by atoms with Crippen molar-refractivity contribution in [3.8, 4) is 0 Å². The van der Waals surface area contributed by atoms with Crippen LogP contribution in [0, 0.1) is 17.3 Å². The quantitative estimate of drug-likeness (QED) is 0.171. The number of rotatable bonds is 3. The maximum atomic E-state index is 14.5. The third-order valence-corrected chi connectivity index (χ3v) is 12.2. The molecule has 3 fully saturated rings. The predicted molar refractivity (Wildman–Crippen MR) is 203 cm³/mol. The molecule has 0 N–H and O–H groups in total. The van der Waals surface area contributed by atoms with Crippen LogP contribution in [-0.4, -0.2) is 89.9 Å². The Bertz CT molecular complexity index is 1420. The molecule has 4 aliphatic heterocycles. The number of ketones is 3. The van der Waals surface area contributed by atoms with Crippen molar-refractivity contribution in [1.29, 1.82) is 0 Å². The van der Waals surface area contributed by atoms with Crippen LogP contribution in [0.4, 0.5) is 0 Å². The minimum atomic E-state index is -1.37. The molecular formula is C43H63NO9. The molecule has 1 amide bonds. The van der Waals surface area contributed by atoms with Crippen molar-refractivity contribution in [2.24, 2.45) is 17.3 Å². The third kappa shape index (κ3) is 11.4. The second kappa shape index (κ2) is 19.4. The Morgan fingerprint density at radius 1 is 0.830 bits per heavy atom. The predicted octanol–water partition coefficient (Wildman–Crippen LogP) is 7.00. The van der Waals surface area contributed by atoms with Crippen LogP contribution in [0.2, 0.25) is 0 Å². The van der Waals surface area contributed by atoms with Gasteiger partial charge in [0.1, 0.15) is 23.2 Å². The highest BCUT2D eigenvalue weighted by atomic mass is 16.5. The van der Waals surface area contributed by atoms with Crippen LogP contribution in [0.3, 0.4) is 0 Å². The van der Waals surface area contributed by atoms with Gasteiger partial charge in [-0.2, -0.15) is 0 Å². The van der Waals surface area contributed by atoms with E-state index in [-0.39, 0.29) is 49.1 Å². The summed E-state index contributed by atoms with van der Waals surface area (Å²) in [5.41, 5.74) is -2.69. The van der Waals surface area contributed by atoms with Crippen LogP contribution in [0.25, 0.3) is 0 Å². The molecule has 0 aromatic rings. The average Bonchev–Trinajstić information content (AvgIpc) is 3.08. The Labute approximate surface area is 316 Å². The molecule has 0 aliphatic carbocycles. The van der Waals surface area contributed by atoms with Gasteiger partial charge < -0.3 is 23.8 Å². The number of cyclic esters (lactones) is 1. The van der Waals surface area contributed by atoms with Crippen molar-refractivity contribution in [3.05, 3.63) is 48.6 Å². The monoisotopic (exact) mass is 737 g/mol. The van der Waals surface area contributed by atoms with E-state index in [0.717, 1.165) is 19.3 Å². The summed E-state index contributed by atoms with van der Waals surface area (Å²) < 4.78 is 23.8. The third-order valence-electron chi connectivity index (χ3n) is 12.2. The summed E-state index contributed by atoms with van der Waals surface area (Å²) in [5, 5.41) is 0. The zero-order valence-electron chi connectivity index (χ0n) is 32.9. The van der Waals surface area contributed by atoms with Crippen molar-refractivity contribution in [1.82, 2.24) is 4.90 Å². The summed E-state index contributed by atoms with van der Waals surface area (Å²) in [6.07, 6.45) is 20.8. The van der Waals surface area contributed by atoms with Gasteiger partial charge in [-0.15, -0.1) is 0 Å². The first-order valence-electron chi connectivity index (χ1n) is 19.8. The first-order chi connectivity index (χ1) is 25.2. The van der Waals surface area contributed by atoms with Gasteiger partial charge in [-0.25, -0.2) is 4.79 Å². The standard InChI is InChI=1S/C43H63NO9/c1-31-26-37-40(49)51-25-23-34(46)20-15-12-14-19-33(45)18-13-10-8-7-9-11-16-21-35(52-30-32-28-50-29-32)27-36-22-17-24-43(6,53-36)38(47)39(48)44(37)42(4,5)41(31,2)3/h7-9,11-12,15-16,21,31-32,35-37H,10,13-14,17-20,22-30H2,1-6H3. The molecule has 5 unspecified atom stereocenters. The fourth-order valence-corrected chi connectivity index (χ4v) is 7.63. The van der Waals surface area contributed by atoms with Crippen LogP contribution in [-0.2, 0) is 42.9 Å². The molecule has 53 heavy (non-hydrogen) atoms. The van der Waals surface area contributed by atoms with Gasteiger partial charge in [0.15, 0.2) is 0 Å². The van der Waals surface area contributed by atoms with Gasteiger partial charge in [0.2, 0.25) is 0 Å². The first-order valence-corrected chi connectivity index (χ1v) is 19.8. The number of esters is 1. The summed E-state index contributed by atoms with van der Waals surface area (Å²) in [6.45, 7) is 13.5. The minimum Gasteiger partial charge on any atom is -0.464 e.